The van der Waals surface area contributed by atoms with E-state index in [1.165, 1.54) is 0 Å². The first-order valence-corrected chi connectivity index (χ1v) is 4.58. The molecular formula is C7H8F3NO2S. The molecule has 7 heteroatoms. The van der Waals surface area contributed by atoms with Crippen LogP contribution in [0.25, 0.3) is 0 Å². The first kappa shape index (κ1) is 11.4. The van der Waals surface area contributed by atoms with Crippen molar-refractivity contribution in [3.8, 4) is 0 Å². The molecule has 3 nitrogen and oxygen atoms in total. The summed E-state index contributed by atoms with van der Waals surface area (Å²) in [6.45, 7) is -0.277. The summed E-state index contributed by atoms with van der Waals surface area (Å²) in [7, 11) is 0. The lowest BCUT2D eigenvalue weighted by molar-refractivity contribution is -0.137. The van der Waals surface area contributed by atoms with Gasteiger partial charge < -0.3 is 10.2 Å². The number of hydrogen-bond acceptors (Lipinski definition) is 4. The fraction of sp³-hybridized carbons (Fsp3) is 0.571. The van der Waals surface area contributed by atoms with Crippen LogP contribution in [0.2, 0.25) is 0 Å². The molecular weight excluding hydrogens is 219 g/mol. The molecule has 1 rings (SSSR count). The van der Waals surface area contributed by atoms with Gasteiger partial charge in [-0.25, -0.2) is 4.98 Å². The number of hydrogen-bond donors (Lipinski definition) is 2. The summed E-state index contributed by atoms with van der Waals surface area (Å²) in [6, 6.07) is 0. The number of thiazole rings is 1. The number of rotatable bonds is 3. The summed E-state index contributed by atoms with van der Waals surface area (Å²) in [5.41, 5.74) is 0. The molecule has 0 aliphatic rings. The zero-order valence-electron chi connectivity index (χ0n) is 6.95. The van der Waals surface area contributed by atoms with Crippen molar-refractivity contribution in [2.75, 3.05) is 6.61 Å². The van der Waals surface area contributed by atoms with Gasteiger partial charge >= 0.3 is 6.18 Å². The summed E-state index contributed by atoms with van der Waals surface area (Å²) >= 11 is 0.391. The minimum Gasteiger partial charge on any atom is -0.396 e. The fourth-order valence-electron chi connectivity index (χ4n) is 0.836. The van der Waals surface area contributed by atoms with Crippen LogP contribution in [-0.4, -0.2) is 21.8 Å². The molecule has 0 aromatic carbocycles. The molecule has 0 aliphatic carbocycles. The highest BCUT2D eigenvalue weighted by Crippen LogP contribution is 2.34. The van der Waals surface area contributed by atoms with Crippen molar-refractivity contribution in [2.45, 2.75) is 18.7 Å². The number of aromatic nitrogens is 1. The van der Waals surface area contributed by atoms with Crippen LogP contribution in [0.1, 0.15) is 22.4 Å². The van der Waals surface area contributed by atoms with E-state index in [2.05, 4.69) is 4.98 Å². The molecule has 0 saturated carbocycles. The van der Waals surface area contributed by atoms with E-state index >= 15 is 0 Å². The third-order valence-corrected chi connectivity index (χ3v) is 2.64. The van der Waals surface area contributed by atoms with Gasteiger partial charge in [-0.05, 0) is 0 Å². The molecule has 0 saturated heterocycles. The molecule has 0 spiro atoms. The van der Waals surface area contributed by atoms with Gasteiger partial charge in [0.1, 0.15) is 0 Å². The predicted molar refractivity (Wildman–Crippen MR) is 43.8 cm³/mol. The summed E-state index contributed by atoms with van der Waals surface area (Å²) < 4.78 is 36.2. The molecule has 1 unspecified atom stereocenters. The monoisotopic (exact) mass is 227 g/mol. The Balaban J connectivity index is 2.78. The number of aliphatic hydroxyl groups is 2. The quantitative estimate of drug-likeness (QED) is 0.824. The van der Waals surface area contributed by atoms with E-state index in [0.29, 0.717) is 11.3 Å². The third kappa shape index (κ3) is 2.66. The maximum atomic E-state index is 12.1. The molecule has 0 bridgehead atoms. The smallest absolute Gasteiger partial charge is 0.396 e. The minimum absolute atomic E-state index is 0.0134. The highest BCUT2D eigenvalue weighted by molar-refractivity contribution is 7.11. The van der Waals surface area contributed by atoms with Crippen LogP contribution in [0.4, 0.5) is 13.2 Å². The average Bonchev–Trinajstić information content (AvgIpc) is 2.51. The maximum Gasteiger partial charge on any atom is 0.443 e. The molecule has 1 aromatic rings. The Morgan fingerprint density at radius 3 is 2.57 bits per heavy atom. The van der Waals surface area contributed by atoms with E-state index in [9.17, 15) is 18.3 Å². The van der Waals surface area contributed by atoms with Crippen LogP contribution in [0.3, 0.4) is 0 Å². The summed E-state index contributed by atoms with van der Waals surface area (Å²) in [5, 5.41) is 16.7. The third-order valence-electron chi connectivity index (χ3n) is 1.50. The zero-order chi connectivity index (χ0) is 10.8. The summed E-state index contributed by atoms with van der Waals surface area (Å²) in [5.74, 6) is 0. The molecule has 2 N–H and O–H groups in total. The molecule has 0 radical (unpaired) electrons. The maximum absolute atomic E-state index is 12.1. The zero-order valence-corrected chi connectivity index (χ0v) is 7.77. The van der Waals surface area contributed by atoms with Crippen molar-refractivity contribution in [1.82, 2.24) is 4.98 Å². The second-order valence-corrected chi connectivity index (χ2v) is 3.66. The lowest BCUT2D eigenvalue weighted by atomic mass is 10.2. The standard InChI is InChI=1S/C7H8F3NO2S/c8-7(9,10)6-11-3-5(14-6)4(13)1-2-12/h3-4,12-13H,1-2H2. The van der Waals surface area contributed by atoms with E-state index in [4.69, 9.17) is 5.11 Å². The molecule has 1 atom stereocenters. The van der Waals surface area contributed by atoms with E-state index in [0.717, 1.165) is 6.20 Å². The first-order chi connectivity index (χ1) is 6.45. The van der Waals surface area contributed by atoms with Gasteiger partial charge in [0.15, 0.2) is 5.01 Å². The molecule has 80 valence electrons. The Morgan fingerprint density at radius 1 is 1.50 bits per heavy atom. The molecule has 0 aliphatic heterocycles. The minimum atomic E-state index is -4.47. The Hall–Kier alpha value is -0.660. The van der Waals surface area contributed by atoms with Gasteiger partial charge in [-0.2, -0.15) is 13.2 Å². The van der Waals surface area contributed by atoms with Crippen molar-refractivity contribution in [2.24, 2.45) is 0 Å². The van der Waals surface area contributed by atoms with Gasteiger partial charge in [0.2, 0.25) is 0 Å². The second kappa shape index (κ2) is 4.24. The van der Waals surface area contributed by atoms with Gasteiger partial charge in [-0.1, -0.05) is 0 Å². The molecule has 1 heterocycles. The van der Waals surface area contributed by atoms with Crippen molar-refractivity contribution >= 4 is 11.3 Å². The van der Waals surface area contributed by atoms with E-state index < -0.39 is 17.3 Å². The number of halogens is 3. The van der Waals surface area contributed by atoms with Crippen molar-refractivity contribution < 1.29 is 23.4 Å². The average molecular weight is 227 g/mol. The van der Waals surface area contributed by atoms with Crippen LogP contribution >= 0.6 is 11.3 Å². The topological polar surface area (TPSA) is 53.4 Å². The molecule has 1 aromatic heterocycles. The van der Waals surface area contributed by atoms with Crippen LogP contribution in [0.5, 0.6) is 0 Å². The Bertz CT molecular complexity index is 299. The molecule has 0 fully saturated rings. The van der Waals surface area contributed by atoms with Gasteiger partial charge in [0, 0.05) is 19.2 Å². The number of alkyl halides is 3. The Kier molecular flexibility index (Phi) is 3.46. The van der Waals surface area contributed by atoms with Gasteiger partial charge in [-0.15, -0.1) is 11.3 Å². The van der Waals surface area contributed by atoms with Crippen LogP contribution in [0, 0.1) is 0 Å². The van der Waals surface area contributed by atoms with Gasteiger partial charge in [0.25, 0.3) is 0 Å². The SMILES string of the molecule is OCCC(O)c1cnc(C(F)(F)F)s1. The Morgan fingerprint density at radius 2 is 2.14 bits per heavy atom. The molecule has 0 amide bonds. The van der Waals surface area contributed by atoms with Crippen LogP contribution < -0.4 is 0 Å². The second-order valence-electron chi connectivity index (χ2n) is 2.59. The lowest BCUT2D eigenvalue weighted by Gasteiger charge is -2.04. The van der Waals surface area contributed by atoms with Crippen molar-refractivity contribution in [3.63, 3.8) is 0 Å². The van der Waals surface area contributed by atoms with E-state index in [1.54, 1.807) is 0 Å². The lowest BCUT2D eigenvalue weighted by Crippen LogP contribution is -2.03. The van der Waals surface area contributed by atoms with E-state index in [1.807, 2.05) is 0 Å². The Labute approximate surface area is 81.8 Å². The predicted octanol–water partition coefficient (Wildman–Crippen LogP) is 1.58. The fourth-order valence-corrected chi connectivity index (χ4v) is 1.64. The highest BCUT2D eigenvalue weighted by atomic mass is 32.1. The van der Waals surface area contributed by atoms with Gasteiger partial charge in [-0.3, -0.25) is 0 Å². The van der Waals surface area contributed by atoms with Crippen molar-refractivity contribution in [3.05, 3.63) is 16.1 Å². The number of aliphatic hydroxyl groups excluding tert-OH is 2. The molecule has 14 heavy (non-hydrogen) atoms. The van der Waals surface area contributed by atoms with Crippen molar-refractivity contribution in [1.29, 1.82) is 0 Å². The highest BCUT2D eigenvalue weighted by Gasteiger charge is 2.35. The number of nitrogens with zero attached hydrogens (tertiary/aromatic N) is 1. The normalized spacial score (nSPS) is 14.4. The first-order valence-electron chi connectivity index (χ1n) is 3.77. The largest absolute Gasteiger partial charge is 0.443 e. The summed E-state index contributed by atoms with van der Waals surface area (Å²) in [4.78, 5) is 3.26. The van der Waals surface area contributed by atoms with Crippen LogP contribution in [-0.2, 0) is 6.18 Å². The summed E-state index contributed by atoms with van der Waals surface area (Å²) in [6.07, 6.45) is -4.55. The van der Waals surface area contributed by atoms with Gasteiger partial charge in [0.05, 0.1) is 11.0 Å². The van der Waals surface area contributed by atoms with Crippen LogP contribution in [0.15, 0.2) is 6.20 Å². The van der Waals surface area contributed by atoms with E-state index in [-0.39, 0.29) is 17.9 Å².